The predicted molar refractivity (Wildman–Crippen MR) is 142 cm³/mol. The first kappa shape index (κ1) is 26.9. The van der Waals surface area contributed by atoms with Crippen molar-refractivity contribution >= 4 is 34.4 Å². The van der Waals surface area contributed by atoms with Crippen molar-refractivity contribution in [3.8, 4) is 11.5 Å². The molecule has 1 aromatic heterocycles. The van der Waals surface area contributed by atoms with Crippen molar-refractivity contribution in [2.45, 2.75) is 53.2 Å². The zero-order valence-corrected chi connectivity index (χ0v) is 22.1. The van der Waals surface area contributed by atoms with E-state index in [4.69, 9.17) is 14.2 Å². The fraction of sp³-hybridized carbons (Fsp3) is 0.321. The minimum Gasteiger partial charge on any atom is -0.490 e. The van der Waals surface area contributed by atoms with Gasteiger partial charge in [0.05, 0.1) is 12.3 Å². The normalized spacial score (nSPS) is 11.4. The molecule has 0 aliphatic heterocycles. The highest BCUT2D eigenvalue weighted by atomic mass is 32.1. The zero-order chi connectivity index (χ0) is 26.1. The summed E-state index contributed by atoms with van der Waals surface area (Å²) in [6, 6.07) is 13.9. The fourth-order valence-corrected chi connectivity index (χ4v) is 3.96. The maximum atomic E-state index is 12.1. The highest BCUT2D eigenvalue weighted by molar-refractivity contribution is 7.13. The molecule has 0 aliphatic carbocycles. The molecule has 0 spiro atoms. The number of carbonyl (C=O) groups is 2. The molecule has 0 saturated heterocycles. The topological polar surface area (TPSA) is 86.8 Å². The maximum absolute atomic E-state index is 12.1. The van der Waals surface area contributed by atoms with E-state index in [2.05, 4.69) is 55.3 Å². The number of aromatic nitrogens is 1. The van der Waals surface area contributed by atoms with Gasteiger partial charge in [-0.3, -0.25) is 4.79 Å². The molecule has 1 amide bonds. The number of amides is 1. The SMILES string of the molecule is CCOc1cc(/C=C/C(=O)OCc2csc(NC(C)=O)n2)ccc1OCc1ccc(C(C)(C)C)cc1. The minimum atomic E-state index is -0.499. The minimum absolute atomic E-state index is 0.0208. The Balaban J connectivity index is 1.57. The average molecular weight is 509 g/mol. The van der Waals surface area contributed by atoms with Crippen LogP contribution in [-0.2, 0) is 33.0 Å². The van der Waals surface area contributed by atoms with Crippen LogP contribution in [0.2, 0.25) is 0 Å². The monoisotopic (exact) mass is 508 g/mol. The molecule has 36 heavy (non-hydrogen) atoms. The summed E-state index contributed by atoms with van der Waals surface area (Å²) in [4.78, 5) is 27.4. The van der Waals surface area contributed by atoms with Crippen LogP contribution in [0.4, 0.5) is 5.13 Å². The van der Waals surface area contributed by atoms with Crippen LogP contribution in [-0.4, -0.2) is 23.5 Å². The Hall–Kier alpha value is -3.65. The molecule has 0 atom stereocenters. The summed E-state index contributed by atoms with van der Waals surface area (Å²) >= 11 is 1.27. The summed E-state index contributed by atoms with van der Waals surface area (Å²) in [5.41, 5.74) is 3.80. The van der Waals surface area contributed by atoms with E-state index in [1.807, 2.05) is 25.1 Å². The van der Waals surface area contributed by atoms with Gasteiger partial charge in [-0.15, -0.1) is 11.3 Å². The van der Waals surface area contributed by atoms with Gasteiger partial charge in [0.2, 0.25) is 5.91 Å². The van der Waals surface area contributed by atoms with Crippen molar-refractivity contribution in [1.82, 2.24) is 4.98 Å². The highest BCUT2D eigenvalue weighted by Crippen LogP contribution is 2.30. The van der Waals surface area contributed by atoms with Gasteiger partial charge >= 0.3 is 5.97 Å². The Morgan fingerprint density at radius 1 is 1.03 bits per heavy atom. The molecular formula is C28H32N2O5S. The second-order valence-corrected chi connectivity index (χ2v) is 10.00. The number of nitrogens with zero attached hydrogens (tertiary/aromatic N) is 1. The van der Waals surface area contributed by atoms with Gasteiger partial charge in [-0.05, 0) is 47.2 Å². The predicted octanol–water partition coefficient (Wildman–Crippen LogP) is 6.13. The van der Waals surface area contributed by atoms with Crippen LogP contribution in [0.25, 0.3) is 6.08 Å². The van der Waals surface area contributed by atoms with Crippen LogP contribution in [0, 0.1) is 0 Å². The van der Waals surface area contributed by atoms with Crippen molar-refractivity contribution < 1.29 is 23.8 Å². The van der Waals surface area contributed by atoms with E-state index in [1.165, 1.54) is 29.9 Å². The first-order valence-corrected chi connectivity index (χ1v) is 12.6. The Morgan fingerprint density at radius 2 is 1.78 bits per heavy atom. The zero-order valence-electron chi connectivity index (χ0n) is 21.3. The smallest absolute Gasteiger partial charge is 0.331 e. The molecule has 3 aromatic rings. The lowest BCUT2D eigenvalue weighted by molar-refractivity contribution is -0.139. The lowest BCUT2D eigenvalue weighted by atomic mass is 9.87. The Kier molecular flexibility index (Phi) is 9.25. The van der Waals surface area contributed by atoms with E-state index in [0.717, 1.165) is 11.1 Å². The molecule has 0 radical (unpaired) electrons. The molecule has 0 unspecified atom stereocenters. The van der Waals surface area contributed by atoms with E-state index >= 15 is 0 Å². The Morgan fingerprint density at radius 3 is 2.44 bits per heavy atom. The third-order valence-corrected chi connectivity index (χ3v) is 5.90. The largest absolute Gasteiger partial charge is 0.490 e. The van der Waals surface area contributed by atoms with Crippen molar-refractivity contribution in [2.75, 3.05) is 11.9 Å². The molecule has 190 valence electrons. The number of hydrogen-bond donors (Lipinski definition) is 1. The number of esters is 1. The summed E-state index contributed by atoms with van der Waals surface area (Å²) < 4.78 is 17.0. The first-order valence-electron chi connectivity index (χ1n) is 11.7. The second-order valence-electron chi connectivity index (χ2n) is 9.14. The van der Waals surface area contributed by atoms with Crippen LogP contribution >= 0.6 is 11.3 Å². The van der Waals surface area contributed by atoms with Crippen LogP contribution in [0.1, 0.15) is 57.0 Å². The number of benzene rings is 2. The number of thiazole rings is 1. The number of nitrogens with one attached hydrogen (secondary N) is 1. The summed E-state index contributed by atoms with van der Waals surface area (Å²) in [6.45, 7) is 10.8. The van der Waals surface area contributed by atoms with Gasteiger partial charge in [0.25, 0.3) is 0 Å². The third kappa shape index (κ3) is 8.23. The van der Waals surface area contributed by atoms with Gasteiger partial charge in [0, 0.05) is 18.4 Å². The number of ether oxygens (including phenoxy) is 3. The molecule has 3 rings (SSSR count). The Labute approximate surface area is 216 Å². The lowest BCUT2D eigenvalue weighted by Crippen LogP contribution is -2.10. The summed E-state index contributed by atoms with van der Waals surface area (Å²) in [6.07, 6.45) is 3.01. The lowest BCUT2D eigenvalue weighted by Gasteiger charge is -2.19. The molecule has 2 aromatic carbocycles. The summed E-state index contributed by atoms with van der Waals surface area (Å²) in [5.74, 6) is 0.539. The van der Waals surface area contributed by atoms with Crippen molar-refractivity contribution in [1.29, 1.82) is 0 Å². The summed E-state index contributed by atoms with van der Waals surface area (Å²) in [5, 5.41) is 4.80. The number of rotatable bonds is 10. The first-order chi connectivity index (χ1) is 17.1. The molecule has 0 saturated carbocycles. The molecule has 8 heteroatoms. The molecule has 0 aliphatic rings. The van der Waals surface area contributed by atoms with Crippen LogP contribution in [0.15, 0.2) is 53.9 Å². The van der Waals surface area contributed by atoms with E-state index in [0.29, 0.717) is 35.5 Å². The molecular weight excluding hydrogens is 476 g/mol. The molecule has 1 heterocycles. The second kappa shape index (κ2) is 12.4. The molecule has 7 nitrogen and oxygen atoms in total. The standard InChI is InChI=1S/C28H32N2O5S/c1-6-33-25-15-20(10-14-26(32)35-17-23-18-36-27(30-23)29-19(2)31)9-13-24(25)34-16-21-7-11-22(12-8-21)28(3,4)5/h7-15,18H,6,16-17H2,1-5H3,(H,29,30,31)/b14-10+. The average Bonchev–Trinajstić information content (AvgIpc) is 3.27. The van der Waals surface area contributed by atoms with E-state index in [-0.39, 0.29) is 17.9 Å². The van der Waals surface area contributed by atoms with Crippen molar-refractivity contribution in [3.63, 3.8) is 0 Å². The van der Waals surface area contributed by atoms with Gasteiger partial charge in [0.1, 0.15) is 13.2 Å². The number of hydrogen-bond acceptors (Lipinski definition) is 7. The van der Waals surface area contributed by atoms with E-state index in [9.17, 15) is 9.59 Å². The fourth-order valence-electron chi connectivity index (χ4n) is 3.22. The molecule has 0 fully saturated rings. The van der Waals surface area contributed by atoms with Gasteiger partial charge in [-0.25, -0.2) is 9.78 Å². The van der Waals surface area contributed by atoms with Gasteiger partial charge in [0.15, 0.2) is 16.6 Å². The van der Waals surface area contributed by atoms with Gasteiger partial charge < -0.3 is 19.5 Å². The third-order valence-electron chi connectivity index (χ3n) is 5.09. The molecule has 0 bridgehead atoms. The number of carbonyl (C=O) groups excluding carboxylic acids is 2. The van der Waals surface area contributed by atoms with Crippen LogP contribution in [0.5, 0.6) is 11.5 Å². The maximum Gasteiger partial charge on any atom is 0.331 e. The Bertz CT molecular complexity index is 1210. The van der Waals surface area contributed by atoms with Crippen LogP contribution in [0.3, 0.4) is 0 Å². The molecule has 1 N–H and O–H groups in total. The van der Waals surface area contributed by atoms with E-state index < -0.39 is 5.97 Å². The van der Waals surface area contributed by atoms with E-state index in [1.54, 1.807) is 11.5 Å². The van der Waals surface area contributed by atoms with Crippen LogP contribution < -0.4 is 14.8 Å². The van der Waals surface area contributed by atoms with Crippen molar-refractivity contribution in [2.24, 2.45) is 0 Å². The quantitative estimate of drug-likeness (QED) is 0.262. The summed E-state index contributed by atoms with van der Waals surface area (Å²) in [7, 11) is 0. The highest BCUT2D eigenvalue weighted by Gasteiger charge is 2.13. The van der Waals surface area contributed by atoms with Gasteiger partial charge in [-0.2, -0.15) is 0 Å². The number of anilines is 1. The van der Waals surface area contributed by atoms with Crippen molar-refractivity contribution in [3.05, 3.63) is 76.3 Å². The van der Waals surface area contributed by atoms with Gasteiger partial charge in [-0.1, -0.05) is 51.1 Å².